The van der Waals surface area contributed by atoms with Gasteiger partial charge >= 0.3 is 0 Å². The summed E-state index contributed by atoms with van der Waals surface area (Å²) < 4.78 is 5.21. The predicted octanol–water partition coefficient (Wildman–Crippen LogP) is 4.62. The number of aromatic nitrogens is 2. The van der Waals surface area contributed by atoms with E-state index in [2.05, 4.69) is 33.4 Å². The second-order valence-electron chi connectivity index (χ2n) is 8.03. The number of hydrogen-bond acceptors (Lipinski definition) is 5. The summed E-state index contributed by atoms with van der Waals surface area (Å²) >= 11 is 0. The minimum Gasteiger partial charge on any atom is -0.497 e. The normalized spacial score (nSPS) is 16.1. The molecule has 1 atom stereocenters. The van der Waals surface area contributed by atoms with Crippen LogP contribution in [0.5, 0.6) is 5.75 Å². The molecule has 31 heavy (non-hydrogen) atoms. The van der Waals surface area contributed by atoms with Gasteiger partial charge in [-0.05, 0) is 80.3 Å². The molecule has 0 radical (unpaired) electrons. The lowest BCUT2D eigenvalue weighted by molar-refractivity contribution is -0.120. The van der Waals surface area contributed by atoms with E-state index >= 15 is 0 Å². The molecule has 1 saturated heterocycles. The van der Waals surface area contributed by atoms with Gasteiger partial charge < -0.3 is 15.0 Å². The van der Waals surface area contributed by atoms with Crippen molar-refractivity contribution >= 4 is 17.4 Å². The highest BCUT2D eigenvalue weighted by atomic mass is 16.5. The molecule has 160 valence electrons. The van der Waals surface area contributed by atoms with Crippen molar-refractivity contribution in [3.05, 3.63) is 65.7 Å². The van der Waals surface area contributed by atoms with Crippen LogP contribution in [0.4, 0.5) is 11.5 Å². The van der Waals surface area contributed by atoms with Crippen LogP contribution >= 0.6 is 0 Å². The van der Waals surface area contributed by atoms with Crippen molar-refractivity contribution in [3.63, 3.8) is 0 Å². The number of carbonyl (C=O) groups excluding carboxylic acids is 1. The summed E-state index contributed by atoms with van der Waals surface area (Å²) in [5.74, 6) is 1.62. The maximum Gasteiger partial charge on any atom is 0.229 e. The van der Waals surface area contributed by atoms with Gasteiger partial charge in [0.15, 0.2) is 5.82 Å². The number of piperidine rings is 1. The first kappa shape index (κ1) is 20.8. The quantitative estimate of drug-likeness (QED) is 0.657. The minimum atomic E-state index is -0.0725. The van der Waals surface area contributed by atoms with E-state index in [0.29, 0.717) is 6.54 Å². The van der Waals surface area contributed by atoms with Gasteiger partial charge in [0.1, 0.15) is 5.75 Å². The summed E-state index contributed by atoms with van der Waals surface area (Å²) in [5, 5.41) is 12.0. The molecule has 0 saturated carbocycles. The van der Waals surface area contributed by atoms with Crippen LogP contribution in [0.15, 0.2) is 54.6 Å². The van der Waals surface area contributed by atoms with Crippen LogP contribution < -0.4 is 15.0 Å². The van der Waals surface area contributed by atoms with Crippen molar-refractivity contribution in [2.24, 2.45) is 5.92 Å². The molecule has 0 bridgehead atoms. The Kier molecular flexibility index (Phi) is 6.16. The first-order chi connectivity index (χ1) is 15.0. The monoisotopic (exact) mass is 416 g/mol. The number of hydrogen-bond donors (Lipinski definition) is 1. The van der Waals surface area contributed by atoms with Crippen LogP contribution in [0.25, 0.3) is 11.3 Å². The second kappa shape index (κ2) is 9.16. The van der Waals surface area contributed by atoms with Gasteiger partial charge in [0.05, 0.1) is 18.7 Å². The lowest BCUT2D eigenvalue weighted by atomic mass is 9.96. The number of carbonyl (C=O) groups is 1. The Hall–Kier alpha value is -3.41. The van der Waals surface area contributed by atoms with Crippen molar-refractivity contribution < 1.29 is 9.53 Å². The van der Waals surface area contributed by atoms with Crippen molar-refractivity contribution in [3.8, 4) is 17.0 Å². The fourth-order valence-corrected chi connectivity index (χ4v) is 3.93. The number of aryl methyl sites for hydroxylation is 1. The standard InChI is InChI=1S/C25H28N4O2/c1-17-6-4-8-22(18(17)2)26-25(30)20-7-5-15-29(16-20)24-14-13-23(27-28-24)19-9-11-21(31-3)12-10-19/h4,6,8-14,20H,5,7,15-16H2,1-3H3,(H,26,30). The number of methoxy groups -OCH3 is 1. The molecule has 2 heterocycles. The number of amides is 1. The average Bonchev–Trinajstić information content (AvgIpc) is 2.82. The molecule has 1 N–H and O–H groups in total. The van der Waals surface area contributed by atoms with Crippen molar-refractivity contribution in [2.75, 3.05) is 30.4 Å². The van der Waals surface area contributed by atoms with Crippen LogP contribution in [0.2, 0.25) is 0 Å². The van der Waals surface area contributed by atoms with Crippen LogP contribution in [0, 0.1) is 19.8 Å². The third kappa shape index (κ3) is 4.68. The lowest BCUT2D eigenvalue weighted by Crippen LogP contribution is -2.41. The van der Waals surface area contributed by atoms with Gasteiger partial charge in [-0.1, -0.05) is 12.1 Å². The summed E-state index contributed by atoms with van der Waals surface area (Å²) in [6.45, 7) is 5.62. The van der Waals surface area contributed by atoms with Gasteiger partial charge in [-0.25, -0.2) is 0 Å². The molecule has 3 aromatic rings. The Balaban J connectivity index is 1.43. The van der Waals surface area contributed by atoms with Gasteiger partial charge in [-0.2, -0.15) is 0 Å². The highest BCUT2D eigenvalue weighted by Gasteiger charge is 2.27. The Morgan fingerprint density at radius 1 is 1.06 bits per heavy atom. The van der Waals surface area contributed by atoms with Crippen molar-refractivity contribution in [2.45, 2.75) is 26.7 Å². The number of nitrogens with zero attached hydrogens (tertiary/aromatic N) is 3. The molecule has 0 spiro atoms. The maximum absolute atomic E-state index is 12.9. The van der Waals surface area contributed by atoms with Crippen molar-refractivity contribution in [1.29, 1.82) is 0 Å². The van der Waals surface area contributed by atoms with Gasteiger partial charge in [0.2, 0.25) is 5.91 Å². The van der Waals surface area contributed by atoms with E-state index in [-0.39, 0.29) is 11.8 Å². The molecule has 6 heteroatoms. The molecule has 1 amide bonds. The Bertz CT molecular complexity index is 1050. The first-order valence-electron chi connectivity index (χ1n) is 10.7. The van der Waals surface area contributed by atoms with Crippen LogP contribution in [0.3, 0.4) is 0 Å². The number of rotatable bonds is 5. The summed E-state index contributed by atoms with van der Waals surface area (Å²) in [6.07, 6.45) is 1.83. The zero-order chi connectivity index (χ0) is 21.8. The van der Waals surface area contributed by atoms with Gasteiger partial charge in [-0.3, -0.25) is 4.79 Å². The van der Waals surface area contributed by atoms with E-state index in [0.717, 1.165) is 53.5 Å². The van der Waals surface area contributed by atoms with Gasteiger partial charge in [0, 0.05) is 24.3 Å². The first-order valence-corrected chi connectivity index (χ1v) is 10.7. The molecular weight excluding hydrogens is 388 g/mol. The van der Waals surface area contributed by atoms with E-state index < -0.39 is 0 Å². The average molecular weight is 417 g/mol. The lowest BCUT2D eigenvalue weighted by Gasteiger charge is -2.32. The fraction of sp³-hybridized carbons (Fsp3) is 0.320. The molecule has 1 aliphatic heterocycles. The van der Waals surface area contributed by atoms with Crippen molar-refractivity contribution in [1.82, 2.24) is 10.2 Å². The minimum absolute atomic E-state index is 0.0706. The smallest absolute Gasteiger partial charge is 0.229 e. The molecule has 0 aliphatic carbocycles. The summed E-state index contributed by atoms with van der Waals surface area (Å²) in [5.41, 5.74) is 4.99. The third-order valence-electron chi connectivity index (χ3n) is 6.01. The summed E-state index contributed by atoms with van der Waals surface area (Å²) in [6, 6.07) is 17.7. The number of ether oxygens (including phenoxy) is 1. The number of benzene rings is 2. The Morgan fingerprint density at radius 3 is 2.58 bits per heavy atom. The zero-order valence-electron chi connectivity index (χ0n) is 18.3. The molecule has 1 fully saturated rings. The van der Waals surface area contributed by atoms with E-state index in [9.17, 15) is 4.79 Å². The maximum atomic E-state index is 12.9. The molecule has 2 aromatic carbocycles. The Labute approximate surface area is 183 Å². The fourth-order valence-electron chi connectivity index (χ4n) is 3.93. The number of nitrogens with one attached hydrogen (secondary N) is 1. The Morgan fingerprint density at radius 2 is 1.87 bits per heavy atom. The summed E-state index contributed by atoms with van der Waals surface area (Å²) in [4.78, 5) is 15.1. The van der Waals surface area contributed by atoms with Crippen LogP contribution in [-0.2, 0) is 4.79 Å². The molecule has 1 aliphatic rings. The van der Waals surface area contributed by atoms with Crippen LogP contribution in [0.1, 0.15) is 24.0 Å². The topological polar surface area (TPSA) is 67.3 Å². The third-order valence-corrected chi connectivity index (χ3v) is 6.01. The van der Waals surface area contributed by atoms with E-state index in [1.807, 2.05) is 55.5 Å². The van der Waals surface area contributed by atoms with E-state index in [1.165, 1.54) is 5.56 Å². The number of anilines is 2. The largest absolute Gasteiger partial charge is 0.497 e. The molecule has 4 rings (SSSR count). The highest BCUT2D eigenvalue weighted by Crippen LogP contribution is 2.26. The zero-order valence-corrected chi connectivity index (χ0v) is 18.3. The molecule has 1 unspecified atom stereocenters. The van der Waals surface area contributed by atoms with E-state index in [4.69, 9.17) is 4.74 Å². The SMILES string of the molecule is COc1ccc(-c2ccc(N3CCCC(C(=O)Nc4cccc(C)c4C)C3)nn2)cc1. The molecule has 1 aromatic heterocycles. The second-order valence-corrected chi connectivity index (χ2v) is 8.03. The van der Waals surface area contributed by atoms with Gasteiger partial charge in [-0.15, -0.1) is 10.2 Å². The van der Waals surface area contributed by atoms with Crippen LogP contribution in [-0.4, -0.2) is 36.3 Å². The van der Waals surface area contributed by atoms with E-state index in [1.54, 1.807) is 7.11 Å². The highest BCUT2D eigenvalue weighted by molar-refractivity contribution is 5.93. The molecular formula is C25H28N4O2. The molecule has 6 nitrogen and oxygen atoms in total. The predicted molar refractivity (Wildman–Crippen MR) is 124 cm³/mol. The van der Waals surface area contributed by atoms with Gasteiger partial charge in [0.25, 0.3) is 0 Å². The summed E-state index contributed by atoms with van der Waals surface area (Å²) in [7, 11) is 1.65.